The van der Waals surface area contributed by atoms with Crippen molar-refractivity contribution in [2.75, 3.05) is 19.6 Å². The van der Waals surface area contributed by atoms with Crippen LogP contribution in [0, 0.1) is 0 Å². The molecule has 1 aliphatic heterocycles. The molecule has 0 unspecified atom stereocenters. The molecule has 0 saturated carbocycles. The molecular formula is C9H16N4O. The summed E-state index contributed by atoms with van der Waals surface area (Å²) in [6.45, 7) is 3.17. The van der Waals surface area contributed by atoms with E-state index in [0.29, 0.717) is 11.9 Å². The lowest BCUT2D eigenvalue weighted by molar-refractivity contribution is 0.356. The van der Waals surface area contributed by atoms with Gasteiger partial charge in [0.15, 0.2) is 6.33 Å². The quantitative estimate of drug-likeness (QED) is 0.707. The van der Waals surface area contributed by atoms with E-state index >= 15 is 0 Å². The maximum absolute atomic E-state index is 4.91. The van der Waals surface area contributed by atoms with Crippen molar-refractivity contribution in [3.8, 4) is 0 Å². The van der Waals surface area contributed by atoms with Crippen molar-refractivity contribution in [2.24, 2.45) is 0 Å². The highest BCUT2D eigenvalue weighted by Gasteiger charge is 2.11. The standard InChI is InChI=1S/C9H16N4O/c1-4-10-5-2-8(1)11-6-3-9-12-7-13-14-9/h7-8,10-11H,1-6H2. The smallest absolute Gasteiger partial charge is 0.227 e. The first-order valence-corrected chi connectivity index (χ1v) is 5.15. The Bertz CT molecular complexity index is 243. The third-order valence-corrected chi connectivity index (χ3v) is 2.52. The zero-order valence-corrected chi connectivity index (χ0v) is 8.20. The van der Waals surface area contributed by atoms with Gasteiger partial charge in [0.25, 0.3) is 0 Å². The lowest BCUT2D eigenvalue weighted by Gasteiger charge is -2.23. The molecule has 2 heterocycles. The summed E-state index contributed by atoms with van der Waals surface area (Å²) in [5.74, 6) is 0.714. The summed E-state index contributed by atoms with van der Waals surface area (Å²) in [6.07, 6.45) is 4.69. The minimum Gasteiger partial charge on any atom is -0.340 e. The molecule has 0 radical (unpaired) electrons. The molecule has 1 fully saturated rings. The van der Waals surface area contributed by atoms with Gasteiger partial charge in [0.2, 0.25) is 5.89 Å². The first-order valence-electron chi connectivity index (χ1n) is 5.15. The fraction of sp³-hybridized carbons (Fsp3) is 0.778. The molecule has 5 heteroatoms. The van der Waals surface area contributed by atoms with Gasteiger partial charge in [-0.15, -0.1) is 0 Å². The summed E-state index contributed by atoms with van der Waals surface area (Å²) < 4.78 is 4.91. The Labute approximate surface area is 83.3 Å². The molecule has 1 aromatic heterocycles. The van der Waals surface area contributed by atoms with E-state index in [1.165, 1.54) is 19.2 Å². The third-order valence-electron chi connectivity index (χ3n) is 2.52. The van der Waals surface area contributed by atoms with E-state index in [1.807, 2.05) is 0 Å². The topological polar surface area (TPSA) is 63.0 Å². The van der Waals surface area contributed by atoms with Crippen LogP contribution >= 0.6 is 0 Å². The number of nitrogens with zero attached hydrogens (tertiary/aromatic N) is 2. The number of hydrogen-bond donors (Lipinski definition) is 2. The van der Waals surface area contributed by atoms with Crippen LogP contribution in [-0.2, 0) is 6.42 Å². The van der Waals surface area contributed by atoms with Crippen LogP contribution in [0.3, 0.4) is 0 Å². The lowest BCUT2D eigenvalue weighted by atomic mass is 10.1. The predicted octanol–water partition coefficient (Wildman–Crippen LogP) is -0.0463. The van der Waals surface area contributed by atoms with Crippen LogP contribution < -0.4 is 10.6 Å². The Morgan fingerprint density at radius 1 is 1.50 bits per heavy atom. The van der Waals surface area contributed by atoms with Crippen LogP contribution in [0.5, 0.6) is 0 Å². The van der Waals surface area contributed by atoms with E-state index in [-0.39, 0.29) is 0 Å². The summed E-state index contributed by atoms with van der Waals surface area (Å²) in [5, 5.41) is 10.4. The van der Waals surface area contributed by atoms with Gasteiger partial charge in [-0.1, -0.05) is 5.16 Å². The van der Waals surface area contributed by atoms with Gasteiger partial charge in [-0.2, -0.15) is 4.98 Å². The van der Waals surface area contributed by atoms with Crippen molar-refractivity contribution in [3.63, 3.8) is 0 Å². The van der Waals surface area contributed by atoms with Gasteiger partial charge in [-0.05, 0) is 25.9 Å². The van der Waals surface area contributed by atoms with E-state index in [0.717, 1.165) is 26.1 Å². The molecule has 14 heavy (non-hydrogen) atoms. The van der Waals surface area contributed by atoms with Crippen molar-refractivity contribution in [1.82, 2.24) is 20.8 Å². The van der Waals surface area contributed by atoms with E-state index in [4.69, 9.17) is 4.52 Å². The molecule has 0 aromatic carbocycles. The van der Waals surface area contributed by atoms with Crippen LogP contribution in [0.2, 0.25) is 0 Å². The second kappa shape index (κ2) is 5.07. The second-order valence-electron chi connectivity index (χ2n) is 3.56. The number of rotatable bonds is 4. The molecule has 1 aliphatic rings. The van der Waals surface area contributed by atoms with Crippen molar-refractivity contribution >= 4 is 0 Å². The first-order chi connectivity index (χ1) is 6.95. The van der Waals surface area contributed by atoms with Gasteiger partial charge in [0.1, 0.15) is 0 Å². The normalized spacial score (nSPS) is 18.6. The molecule has 1 aromatic rings. The van der Waals surface area contributed by atoms with E-state index in [1.54, 1.807) is 0 Å². The van der Waals surface area contributed by atoms with Crippen LogP contribution in [0.1, 0.15) is 18.7 Å². The fourth-order valence-electron chi connectivity index (χ4n) is 1.72. The van der Waals surface area contributed by atoms with Crippen molar-refractivity contribution < 1.29 is 4.52 Å². The third kappa shape index (κ3) is 2.78. The second-order valence-corrected chi connectivity index (χ2v) is 3.56. The minimum atomic E-state index is 0.652. The molecule has 0 amide bonds. The van der Waals surface area contributed by atoms with Crippen molar-refractivity contribution in [2.45, 2.75) is 25.3 Å². The van der Waals surface area contributed by atoms with Crippen LogP contribution in [-0.4, -0.2) is 35.8 Å². The zero-order valence-electron chi connectivity index (χ0n) is 8.20. The zero-order chi connectivity index (χ0) is 9.64. The van der Waals surface area contributed by atoms with Crippen molar-refractivity contribution in [3.05, 3.63) is 12.2 Å². The number of nitrogens with one attached hydrogen (secondary N) is 2. The molecule has 2 N–H and O–H groups in total. The number of piperidine rings is 1. The Balaban J connectivity index is 1.62. The Hall–Kier alpha value is -0.940. The van der Waals surface area contributed by atoms with E-state index < -0.39 is 0 Å². The average Bonchev–Trinajstić information content (AvgIpc) is 2.72. The molecule has 0 aliphatic carbocycles. The van der Waals surface area contributed by atoms with Crippen LogP contribution in [0.15, 0.2) is 10.9 Å². The summed E-state index contributed by atoms with van der Waals surface area (Å²) >= 11 is 0. The largest absolute Gasteiger partial charge is 0.340 e. The molecular weight excluding hydrogens is 180 g/mol. The van der Waals surface area contributed by atoms with Crippen LogP contribution in [0.25, 0.3) is 0 Å². The molecule has 0 bridgehead atoms. The van der Waals surface area contributed by atoms with Crippen molar-refractivity contribution in [1.29, 1.82) is 0 Å². The molecule has 1 saturated heterocycles. The Kier molecular flexibility index (Phi) is 3.48. The summed E-state index contributed by atoms with van der Waals surface area (Å²) in [6, 6.07) is 0.652. The maximum atomic E-state index is 4.91. The molecule has 2 rings (SSSR count). The molecule has 5 nitrogen and oxygen atoms in total. The first kappa shape index (κ1) is 9.61. The summed E-state index contributed by atoms with van der Waals surface area (Å²) in [5.41, 5.74) is 0. The highest BCUT2D eigenvalue weighted by Crippen LogP contribution is 2.01. The fourth-order valence-corrected chi connectivity index (χ4v) is 1.72. The van der Waals surface area contributed by atoms with Crippen LogP contribution in [0.4, 0.5) is 0 Å². The van der Waals surface area contributed by atoms with Gasteiger partial charge in [0.05, 0.1) is 0 Å². The number of hydrogen-bond acceptors (Lipinski definition) is 5. The summed E-state index contributed by atoms with van der Waals surface area (Å²) in [7, 11) is 0. The minimum absolute atomic E-state index is 0.652. The molecule has 0 spiro atoms. The predicted molar refractivity (Wildman–Crippen MR) is 51.9 cm³/mol. The van der Waals surface area contributed by atoms with Gasteiger partial charge < -0.3 is 15.2 Å². The molecule has 78 valence electrons. The summed E-state index contributed by atoms with van der Waals surface area (Å²) in [4.78, 5) is 3.97. The lowest BCUT2D eigenvalue weighted by Crippen LogP contribution is -2.40. The SMILES string of the molecule is c1noc(CCNC2CCNCC2)n1. The molecule has 0 atom stereocenters. The average molecular weight is 196 g/mol. The van der Waals surface area contributed by atoms with E-state index in [2.05, 4.69) is 20.8 Å². The van der Waals surface area contributed by atoms with Gasteiger partial charge in [-0.3, -0.25) is 0 Å². The Morgan fingerprint density at radius 3 is 3.07 bits per heavy atom. The highest BCUT2D eigenvalue weighted by atomic mass is 16.5. The highest BCUT2D eigenvalue weighted by molar-refractivity contribution is 4.79. The van der Waals surface area contributed by atoms with Gasteiger partial charge in [-0.25, -0.2) is 0 Å². The monoisotopic (exact) mass is 196 g/mol. The maximum Gasteiger partial charge on any atom is 0.227 e. The van der Waals surface area contributed by atoms with E-state index in [9.17, 15) is 0 Å². The Morgan fingerprint density at radius 2 is 2.36 bits per heavy atom. The van der Waals surface area contributed by atoms with Gasteiger partial charge in [0, 0.05) is 19.0 Å². The van der Waals surface area contributed by atoms with Gasteiger partial charge >= 0.3 is 0 Å². The number of aromatic nitrogens is 2.